The molecule has 8 heteroatoms. The summed E-state index contributed by atoms with van der Waals surface area (Å²) in [6.07, 6.45) is 0. The van der Waals surface area contributed by atoms with Crippen LogP contribution in [0.4, 0.5) is 0 Å². The van der Waals surface area contributed by atoms with Crippen molar-refractivity contribution in [2.24, 2.45) is 0 Å². The van der Waals surface area contributed by atoms with Crippen molar-refractivity contribution in [1.29, 1.82) is 0 Å². The fourth-order valence-electron chi connectivity index (χ4n) is 3.36. The second-order valence-electron chi connectivity index (χ2n) is 7.12. The van der Waals surface area contributed by atoms with Gasteiger partial charge in [0.05, 0.1) is 18.6 Å². The maximum absolute atomic E-state index is 12.8. The number of nitrogens with zero attached hydrogens (tertiary/aromatic N) is 3. The van der Waals surface area contributed by atoms with Crippen molar-refractivity contribution in [2.75, 3.05) is 46.9 Å². The van der Waals surface area contributed by atoms with E-state index in [9.17, 15) is 13.2 Å². The van der Waals surface area contributed by atoms with Gasteiger partial charge in [-0.3, -0.25) is 9.69 Å². The van der Waals surface area contributed by atoms with E-state index < -0.39 is 10.0 Å². The standard InChI is InChI=1S/C21H27N3O4S/c1-22(16-18-6-4-3-5-7-18)17-21(25)23-12-14-24(15-13-23)29(26,27)20-10-8-19(28-2)9-11-20/h3-11H,12-17H2,1-2H3. The third kappa shape index (κ3) is 5.35. The molecule has 1 aliphatic heterocycles. The van der Waals surface area contributed by atoms with E-state index in [1.54, 1.807) is 29.2 Å². The highest BCUT2D eigenvalue weighted by molar-refractivity contribution is 7.89. The van der Waals surface area contributed by atoms with Crippen molar-refractivity contribution in [1.82, 2.24) is 14.1 Å². The highest BCUT2D eigenvalue weighted by Gasteiger charge is 2.30. The van der Waals surface area contributed by atoms with Crippen LogP contribution in [0.25, 0.3) is 0 Å². The van der Waals surface area contributed by atoms with Crippen LogP contribution in [0.15, 0.2) is 59.5 Å². The Morgan fingerprint density at radius 2 is 1.62 bits per heavy atom. The quantitative estimate of drug-likeness (QED) is 0.685. The molecule has 1 amide bonds. The fourth-order valence-corrected chi connectivity index (χ4v) is 4.78. The third-order valence-corrected chi connectivity index (χ3v) is 6.90. The number of piperazine rings is 1. The smallest absolute Gasteiger partial charge is 0.243 e. The average Bonchev–Trinajstić information content (AvgIpc) is 2.74. The summed E-state index contributed by atoms with van der Waals surface area (Å²) in [6.45, 7) is 2.38. The minimum absolute atomic E-state index is 0.0185. The van der Waals surface area contributed by atoms with Gasteiger partial charge in [0.25, 0.3) is 0 Å². The molecule has 0 bridgehead atoms. The summed E-state index contributed by atoms with van der Waals surface area (Å²) in [5.74, 6) is 0.629. The van der Waals surface area contributed by atoms with Gasteiger partial charge in [-0.25, -0.2) is 8.42 Å². The first-order valence-corrected chi connectivity index (χ1v) is 11.0. The molecule has 1 aliphatic rings. The molecule has 0 N–H and O–H groups in total. The van der Waals surface area contributed by atoms with Crippen molar-refractivity contribution in [3.8, 4) is 5.75 Å². The molecule has 0 saturated carbocycles. The summed E-state index contributed by atoms with van der Waals surface area (Å²) in [5.41, 5.74) is 1.15. The topological polar surface area (TPSA) is 70.2 Å². The summed E-state index contributed by atoms with van der Waals surface area (Å²) in [4.78, 5) is 16.5. The number of carbonyl (C=O) groups is 1. The van der Waals surface area contributed by atoms with Crippen LogP contribution in [-0.4, -0.2) is 75.3 Å². The first kappa shape index (κ1) is 21.3. The minimum Gasteiger partial charge on any atom is -0.497 e. The van der Waals surface area contributed by atoms with E-state index in [1.807, 2.05) is 42.3 Å². The van der Waals surface area contributed by atoms with Gasteiger partial charge < -0.3 is 9.64 Å². The summed E-state index contributed by atoms with van der Waals surface area (Å²) in [7, 11) is -0.120. The monoisotopic (exact) mass is 417 g/mol. The normalized spacial score (nSPS) is 15.5. The zero-order chi connectivity index (χ0) is 20.9. The molecular formula is C21H27N3O4S. The van der Waals surface area contributed by atoms with Crippen LogP contribution in [0.3, 0.4) is 0 Å². The summed E-state index contributed by atoms with van der Waals surface area (Å²) in [6, 6.07) is 16.3. The Labute approximate surface area is 172 Å². The fraction of sp³-hybridized carbons (Fsp3) is 0.381. The molecule has 2 aromatic rings. The highest BCUT2D eigenvalue weighted by atomic mass is 32.2. The summed E-state index contributed by atoms with van der Waals surface area (Å²) < 4.78 is 32.2. The Hall–Kier alpha value is -2.42. The molecule has 0 aliphatic carbocycles. The SMILES string of the molecule is COc1ccc(S(=O)(=O)N2CCN(C(=O)CN(C)Cc3ccccc3)CC2)cc1. The molecular weight excluding hydrogens is 390 g/mol. The molecule has 0 atom stereocenters. The number of hydrogen-bond donors (Lipinski definition) is 0. The lowest BCUT2D eigenvalue weighted by Gasteiger charge is -2.34. The second kappa shape index (κ2) is 9.39. The minimum atomic E-state index is -3.57. The number of likely N-dealkylation sites (N-methyl/N-ethyl adjacent to an activating group) is 1. The largest absolute Gasteiger partial charge is 0.497 e. The van der Waals surface area contributed by atoms with E-state index in [-0.39, 0.29) is 10.8 Å². The van der Waals surface area contributed by atoms with E-state index in [1.165, 1.54) is 11.4 Å². The molecule has 0 spiro atoms. The van der Waals surface area contributed by atoms with Gasteiger partial charge >= 0.3 is 0 Å². The predicted octanol–water partition coefficient (Wildman–Crippen LogP) is 1.66. The summed E-state index contributed by atoms with van der Waals surface area (Å²) in [5, 5.41) is 0. The Morgan fingerprint density at radius 1 is 1.00 bits per heavy atom. The van der Waals surface area contributed by atoms with E-state index in [0.29, 0.717) is 45.0 Å². The summed E-state index contributed by atoms with van der Waals surface area (Å²) >= 11 is 0. The van der Waals surface area contributed by atoms with Gasteiger partial charge in [-0.2, -0.15) is 4.31 Å². The van der Waals surface area contributed by atoms with Crippen molar-refractivity contribution >= 4 is 15.9 Å². The lowest BCUT2D eigenvalue weighted by Crippen LogP contribution is -2.52. The number of sulfonamides is 1. The lowest BCUT2D eigenvalue weighted by atomic mass is 10.2. The van der Waals surface area contributed by atoms with Gasteiger partial charge in [-0.15, -0.1) is 0 Å². The number of rotatable bonds is 7. The van der Waals surface area contributed by atoms with Crippen LogP contribution in [-0.2, 0) is 21.4 Å². The number of hydrogen-bond acceptors (Lipinski definition) is 5. The second-order valence-corrected chi connectivity index (χ2v) is 9.06. The zero-order valence-corrected chi connectivity index (χ0v) is 17.6. The molecule has 0 aromatic heterocycles. The van der Waals surface area contributed by atoms with Crippen LogP contribution in [0.1, 0.15) is 5.56 Å². The Morgan fingerprint density at radius 3 is 2.21 bits per heavy atom. The van der Waals surface area contributed by atoms with Crippen molar-refractivity contribution in [3.05, 3.63) is 60.2 Å². The van der Waals surface area contributed by atoms with Gasteiger partial charge in [0.15, 0.2) is 0 Å². The Kier molecular flexibility index (Phi) is 6.89. The van der Waals surface area contributed by atoms with Crippen LogP contribution in [0, 0.1) is 0 Å². The van der Waals surface area contributed by atoms with Crippen molar-refractivity contribution < 1.29 is 17.9 Å². The Bertz CT molecular complexity index is 909. The number of ether oxygens (including phenoxy) is 1. The van der Waals surface area contributed by atoms with Gasteiger partial charge in [-0.05, 0) is 36.9 Å². The van der Waals surface area contributed by atoms with E-state index >= 15 is 0 Å². The molecule has 0 unspecified atom stereocenters. The number of methoxy groups -OCH3 is 1. The maximum atomic E-state index is 12.8. The van der Waals surface area contributed by atoms with E-state index in [4.69, 9.17) is 4.74 Å². The first-order chi connectivity index (χ1) is 13.9. The molecule has 1 heterocycles. The van der Waals surface area contributed by atoms with Crippen LogP contribution < -0.4 is 4.74 Å². The molecule has 3 rings (SSSR count). The third-order valence-electron chi connectivity index (χ3n) is 4.99. The maximum Gasteiger partial charge on any atom is 0.243 e. The van der Waals surface area contributed by atoms with Gasteiger partial charge in [0, 0.05) is 32.7 Å². The Balaban J connectivity index is 1.53. The first-order valence-electron chi connectivity index (χ1n) is 9.54. The van der Waals surface area contributed by atoms with E-state index in [2.05, 4.69) is 0 Å². The molecule has 1 fully saturated rings. The molecule has 7 nitrogen and oxygen atoms in total. The van der Waals surface area contributed by atoms with Crippen LogP contribution in [0.2, 0.25) is 0 Å². The molecule has 2 aromatic carbocycles. The van der Waals surface area contributed by atoms with Crippen molar-refractivity contribution in [3.63, 3.8) is 0 Å². The molecule has 29 heavy (non-hydrogen) atoms. The highest BCUT2D eigenvalue weighted by Crippen LogP contribution is 2.20. The number of benzene rings is 2. The number of amides is 1. The van der Waals surface area contributed by atoms with Crippen LogP contribution >= 0.6 is 0 Å². The predicted molar refractivity (Wildman–Crippen MR) is 111 cm³/mol. The lowest BCUT2D eigenvalue weighted by molar-refractivity contribution is -0.133. The van der Waals surface area contributed by atoms with Gasteiger partial charge in [0.1, 0.15) is 5.75 Å². The van der Waals surface area contributed by atoms with Crippen LogP contribution in [0.5, 0.6) is 5.75 Å². The zero-order valence-electron chi connectivity index (χ0n) is 16.8. The van der Waals surface area contributed by atoms with Crippen molar-refractivity contribution in [2.45, 2.75) is 11.4 Å². The molecule has 0 radical (unpaired) electrons. The van der Waals surface area contributed by atoms with Gasteiger partial charge in [0.2, 0.25) is 15.9 Å². The average molecular weight is 418 g/mol. The van der Waals surface area contributed by atoms with E-state index in [0.717, 1.165) is 5.56 Å². The molecule has 1 saturated heterocycles. The molecule has 156 valence electrons. The van der Waals surface area contributed by atoms with Gasteiger partial charge in [-0.1, -0.05) is 30.3 Å². The number of carbonyl (C=O) groups excluding carboxylic acids is 1.